The van der Waals surface area contributed by atoms with Crippen molar-refractivity contribution >= 4 is 27.7 Å². The van der Waals surface area contributed by atoms with Gasteiger partial charge in [-0.05, 0) is 42.7 Å². The first-order valence-electron chi connectivity index (χ1n) is 8.51. The van der Waals surface area contributed by atoms with Gasteiger partial charge in [0.1, 0.15) is 23.2 Å². The topological polar surface area (TPSA) is 58.2 Å². The Morgan fingerprint density at radius 1 is 0.926 bits per heavy atom. The third kappa shape index (κ3) is 5.35. The molecule has 2 amide bonds. The van der Waals surface area contributed by atoms with Crippen LogP contribution in [-0.4, -0.2) is 17.9 Å². The molecular formula is C20H21BrF2N2O2. The molecule has 0 aromatic heterocycles. The third-order valence-electron chi connectivity index (χ3n) is 4.15. The monoisotopic (exact) mass is 438 g/mol. The second-order valence-corrected chi connectivity index (χ2v) is 7.49. The molecule has 0 radical (unpaired) electrons. The molecule has 144 valence electrons. The molecule has 1 unspecified atom stereocenters. The minimum absolute atomic E-state index is 0.277. The number of amides is 2. The number of hydrogen-bond donors (Lipinski definition) is 2. The molecule has 2 atom stereocenters. The maximum Gasteiger partial charge on any atom is 0.257 e. The Bertz CT molecular complexity index is 805. The number of nitrogens with one attached hydrogen (secondary N) is 2. The Hall–Kier alpha value is -2.28. The average molecular weight is 439 g/mol. The van der Waals surface area contributed by atoms with Crippen molar-refractivity contribution in [2.75, 3.05) is 0 Å². The van der Waals surface area contributed by atoms with Crippen LogP contribution in [0, 0.1) is 17.6 Å². The van der Waals surface area contributed by atoms with Crippen molar-refractivity contribution < 1.29 is 18.4 Å². The van der Waals surface area contributed by atoms with Gasteiger partial charge in [0.05, 0.1) is 6.04 Å². The van der Waals surface area contributed by atoms with E-state index in [1.807, 2.05) is 31.2 Å². The van der Waals surface area contributed by atoms with E-state index in [0.29, 0.717) is 0 Å². The summed E-state index contributed by atoms with van der Waals surface area (Å²) in [6.45, 7) is 5.30. The van der Waals surface area contributed by atoms with E-state index in [1.165, 1.54) is 6.07 Å². The first-order valence-corrected chi connectivity index (χ1v) is 9.30. The Morgan fingerprint density at radius 2 is 1.48 bits per heavy atom. The lowest BCUT2D eigenvalue weighted by Crippen LogP contribution is -2.50. The van der Waals surface area contributed by atoms with E-state index < -0.39 is 35.1 Å². The summed E-state index contributed by atoms with van der Waals surface area (Å²) in [4.78, 5) is 25.0. The zero-order valence-corrected chi connectivity index (χ0v) is 16.8. The first kappa shape index (κ1) is 21.0. The molecule has 4 nitrogen and oxygen atoms in total. The van der Waals surface area contributed by atoms with Gasteiger partial charge in [-0.25, -0.2) is 8.78 Å². The van der Waals surface area contributed by atoms with Crippen molar-refractivity contribution in [1.82, 2.24) is 10.6 Å². The van der Waals surface area contributed by atoms with Gasteiger partial charge in [0, 0.05) is 4.47 Å². The van der Waals surface area contributed by atoms with Crippen LogP contribution in [0.4, 0.5) is 8.78 Å². The van der Waals surface area contributed by atoms with Crippen LogP contribution in [0.25, 0.3) is 0 Å². The molecule has 27 heavy (non-hydrogen) atoms. The van der Waals surface area contributed by atoms with E-state index in [4.69, 9.17) is 0 Å². The summed E-state index contributed by atoms with van der Waals surface area (Å²) in [5, 5.41) is 5.27. The molecule has 2 aromatic carbocycles. The zero-order chi connectivity index (χ0) is 20.1. The molecule has 0 saturated heterocycles. The van der Waals surface area contributed by atoms with Gasteiger partial charge in [0.2, 0.25) is 5.91 Å². The fourth-order valence-electron chi connectivity index (χ4n) is 2.60. The summed E-state index contributed by atoms with van der Waals surface area (Å²) in [7, 11) is 0. The summed E-state index contributed by atoms with van der Waals surface area (Å²) >= 11 is 3.35. The van der Waals surface area contributed by atoms with Gasteiger partial charge in [0.15, 0.2) is 0 Å². The van der Waals surface area contributed by atoms with Crippen LogP contribution in [-0.2, 0) is 4.79 Å². The smallest absolute Gasteiger partial charge is 0.257 e. The summed E-state index contributed by atoms with van der Waals surface area (Å²) in [6, 6.07) is 9.40. The van der Waals surface area contributed by atoms with Gasteiger partial charge >= 0.3 is 0 Å². The molecule has 2 N–H and O–H groups in total. The van der Waals surface area contributed by atoms with Crippen LogP contribution < -0.4 is 10.6 Å². The van der Waals surface area contributed by atoms with Crippen LogP contribution in [0.3, 0.4) is 0 Å². The van der Waals surface area contributed by atoms with Crippen LogP contribution in [0.5, 0.6) is 0 Å². The van der Waals surface area contributed by atoms with Gasteiger partial charge in [-0.1, -0.05) is 48.0 Å². The molecular weight excluding hydrogens is 418 g/mol. The van der Waals surface area contributed by atoms with E-state index in [9.17, 15) is 18.4 Å². The van der Waals surface area contributed by atoms with Crippen LogP contribution in [0.2, 0.25) is 0 Å². The van der Waals surface area contributed by atoms with Gasteiger partial charge < -0.3 is 10.6 Å². The predicted molar refractivity (Wildman–Crippen MR) is 103 cm³/mol. The summed E-state index contributed by atoms with van der Waals surface area (Å²) in [5.41, 5.74) is 0.192. The molecule has 2 rings (SSSR count). The maximum absolute atomic E-state index is 13.8. The van der Waals surface area contributed by atoms with E-state index in [1.54, 1.807) is 13.8 Å². The molecule has 0 fully saturated rings. The van der Waals surface area contributed by atoms with Gasteiger partial charge in [0.25, 0.3) is 5.91 Å². The van der Waals surface area contributed by atoms with Crippen molar-refractivity contribution in [3.63, 3.8) is 0 Å². The molecule has 0 bridgehead atoms. The summed E-state index contributed by atoms with van der Waals surface area (Å²) < 4.78 is 28.5. The number of carbonyl (C=O) groups is 2. The number of hydrogen-bond acceptors (Lipinski definition) is 2. The summed E-state index contributed by atoms with van der Waals surface area (Å²) in [6.07, 6.45) is 0. The minimum Gasteiger partial charge on any atom is -0.348 e. The van der Waals surface area contributed by atoms with Crippen molar-refractivity contribution in [1.29, 1.82) is 0 Å². The molecule has 0 spiro atoms. The first-order chi connectivity index (χ1) is 12.7. The molecule has 0 aliphatic heterocycles. The quantitative estimate of drug-likeness (QED) is 0.703. The van der Waals surface area contributed by atoms with E-state index in [0.717, 1.165) is 22.2 Å². The lowest BCUT2D eigenvalue weighted by molar-refractivity contribution is -0.124. The fourth-order valence-corrected chi connectivity index (χ4v) is 2.87. The SMILES string of the molecule is CC(NC(=O)[C@@H](NC(=O)c1c(F)cccc1F)C(C)C)c1ccc(Br)cc1. The highest BCUT2D eigenvalue weighted by atomic mass is 79.9. The maximum atomic E-state index is 13.8. The van der Waals surface area contributed by atoms with Crippen molar-refractivity contribution in [2.45, 2.75) is 32.9 Å². The Morgan fingerprint density at radius 3 is 2.00 bits per heavy atom. The molecule has 0 aliphatic rings. The van der Waals surface area contributed by atoms with E-state index >= 15 is 0 Å². The zero-order valence-electron chi connectivity index (χ0n) is 15.2. The normalized spacial score (nSPS) is 13.1. The molecule has 0 heterocycles. The number of benzene rings is 2. The number of rotatable bonds is 6. The molecule has 2 aromatic rings. The Kier molecular flexibility index (Phi) is 7.07. The highest BCUT2D eigenvalue weighted by Crippen LogP contribution is 2.18. The van der Waals surface area contributed by atoms with Gasteiger partial charge in [-0.2, -0.15) is 0 Å². The Balaban J connectivity index is 2.13. The second-order valence-electron chi connectivity index (χ2n) is 6.57. The van der Waals surface area contributed by atoms with Crippen molar-refractivity contribution in [2.24, 2.45) is 5.92 Å². The average Bonchev–Trinajstić information content (AvgIpc) is 2.59. The van der Waals surface area contributed by atoms with Crippen LogP contribution in [0.15, 0.2) is 46.9 Å². The standard InChI is InChI=1S/C20H21BrF2N2O2/c1-11(2)18(25-19(26)17-15(22)5-4-6-16(17)23)20(27)24-12(3)13-7-9-14(21)10-8-13/h4-12,18H,1-3H3,(H,24,27)(H,25,26)/t12?,18-/m0/s1. The highest BCUT2D eigenvalue weighted by molar-refractivity contribution is 9.10. The minimum atomic E-state index is -0.973. The lowest BCUT2D eigenvalue weighted by atomic mass is 10.0. The molecule has 7 heteroatoms. The Labute approximate surface area is 165 Å². The van der Waals surface area contributed by atoms with Crippen LogP contribution >= 0.6 is 15.9 Å². The largest absolute Gasteiger partial charge is 0.348 e. The van der Waals surface area contributed by atoms with E-state index in [2.05, 4.69) is 26.6 Å². The van der Waals surface area contributed by atoms with Crippen LogP contribution in [0.1, 0.15) is 42.7 Å². The van der Waals surface area contributed by atoms with Crippen molar-refractivity contribution in [3.05, 3.63) is 69.7 Å². The molecule has 0 aliphatic carbocycles. The predicted octanol–water partition coefficient (Wildman–Crippen LogP) is 4.36. The fraction of sp³-hybridized carbons (Fsp3) is 0.300. The highest BCUT2D eigenvalue weighted by Gasteiger charge is 2.28. The number of halogens is 3. The molecule has 0 saturated carbocycles. The van der Waals surface area contributed by atoms with Crippen molar-refractivity contribution in [3.8, 4) is 0 Å². The van der Waals surface area contributed by atoms with Gasteiger partial charge in [-0.15, -0.1) is 0 Å². The third-order valence-corrected chi connectivity index (χ3v) is 4.68. The summed E-state index contributed by atoms with van der Waals surface area (Å²) in [5.74, 6) is -3.61. The van der Waals surface area contributed by atoms with E-state index in [-0.39, 0.29) is 12.0 Å². The lowest BCUT2D eigenvalue weighted by Gasteiger charge is -2.24. The second kappa shape index (κ2) is 9.08. The van der Waals surface area contributed by atoms with Gasteiger partial charge in [-0.3, -0.25) is 9.59 Å². The number of carbonyl (C=O) groups excluding carboxylic acids is 2.